The number of nitrogens with zero attached hydrogens (tertiary/aromatic N) is 1. The van der Waals surface area contributed by atoms with Gasteiger partial charge in [0.1, 0.15) is 0 Å². The van der Waals surface area contributed by atoms with E-state index in [0.717, 1.165) is 13.1 Å². The lowest BCUT2D eigenvalue weighted by atomic mass is 10.2. The van der Waals surface area contributed by atoms with Crippen LogP contribution in [0.15, 0.2) is 24.5 Å². The van der Waals surface area contributed by atoms with Crippen molar-refractivity contribution in [2.75, 3.05) is 13.1 Å². The number of hydrogen-bond acceptors (Lipinski definition) is 3. The van der Waals surface area contributed by atoms with Gasteiger partial charge < -0.3 is 10.1 Å². The molecule has 5 heteroatoms. The molecule has 0 unspecified atom stereocenters. The van der Waals surface area contributed by atoms with E-state index in [1.807, 2.05) is 12.1 Å². The summed E-state index contributed by atoms with van der Waals surface area (Å²) in [4.78, 5) is 3.94. The maximum Gasteiger partial charge on any atom is 0.0828 e. The highest BCUT2D eigenvalue weighted by molar-refractivity contribution is 5.85. The minimum absolute atomic E-state index is 0. The van der Waals surface area contributed by atoms with Crippen LogP contribution in [0.2, 0.25) is 0 Å². The van der Waals surface area contributed by atoms with Gasteiger partial charge in [0.2, 0.25) is 0 Å². The highest BCUT2D eigenvalue weighted by Crippen LogP contribution is 2.04. The van der Waals surface area contributed by atoms with Gasteiger partial charge in [-0.3, -0.25) is 4.98 Å². The Balaban J connectivity index is 0.000000845. The fraction of sp³-hybridized carbons (Fsp3) is 0.444. The van der Waals surface area contributed by atoms with E-state index in [2.05, 4.69) is 10.3 Å². The molecule has 1 aliphatic rings. The van der Waals surface area contributed by atoms with E-state index in [1.165, 1.54) is 5.56 Å². The molecule has 0 amide bonds. The second-order valence-electron chi connectivity index (χ2n) is 2.95. The van der Waals surface area contributed by atoms with Crippen molar-refractivity contribution in [3.8, 4) is 0 Å². The zero-order valence-corrected chi connectivity index (χ0v) is 9.31. The minimum atomic E-state index is 0. The third-order valence-corrected chi connectivity index (χ3v) is 1.98. The number of aromatic nitrogens is 1. The van der Waals surface area contributed by atoms with Crippen LogP contribution in [0.1, 0.15) is 5.56 Å². The van der Waals surface area contributed by atoms with Gasteiger partial charge in [0, 0.05) is 25.5 Å². The van der Waals surface area contributed by atoms with E-state index < -0.39 is 0 Å². The number of nitrogens with one attached hydrogen (secondary N) is 1. The monoisotopic (exact) mass is 236 g/mol. The normalized spacial score (nSPS) is 14.9. The van der Waals surface area contributed by atoms with Crippen LogP contribution in [-0.4, -0.2) is 24.2 Å². The van der Waals surface area contributed by atoms with E-state index >= 15 is 0 Å². The lowest BCUT2D eigenvalue weighted by Crippen LogP contribution is -2.48. The summed E-state index contributed by atoms with van der Waals surface area (Å²) in [5.41, 5.74) is 1.19. The van der Waals surface area contributed by atoms with Crippen LogP contribution >= 0.6 is 24.8 Å². The van der Waals surface area contributed by atoms with Crippen molar-refractivity contribution in [2.45, 2.75) is 12.7 Å². The lowest BCUT2D eigenvalue weighted by molar-refractivity contribution is 0.00756. The number of halogens is 2. The van der Waals surface area contributed by atoms with Crippen LogP contribution in [-0.2, 0) is 11.3 Å². The third-order valence-electron chi connectivity index (χ3n) is 1.98. The summed E-state index contributed by atoms with van der Waals surface area (Å²) in [6, 6.07) is 3.96. The van der Waals surface area contributed by atoms with Gasteiger partial charge in [0.25, 0.3) is 0 Å². The zero-order valence-electron chi connectivity index (χ0n) is 7.68. The molecule has 0 aliphatic carbocycles. The molecule has 0 radical (unpaired) electrons. The SMILES string of the molecule is Cl.Cl.c1cc(COC2CNC2)ccn1. The van der Waals surface area contributed by atoms with Gasteiger partial charge in [0.05, 0.1) is 12.7 Å². The molecule has 0 spiro atoms. The Hall–Kier alpha value is -0.350. The minimum Gasteiger partial charge on any atom is -0.371 e. The topological polar surface area (TPSA) is 34.1 Å². The maximum atomic E-state index is 5.57. The Labute approximate surface area is 96.1 Å². The summed E-state index contributed by atoms with van der Waals surface area (Å²) in [7, 11) is 0. The largest absolute Gasteiger partial charge is 0.371 e. The van der Waals surface area contributed by atoms with Gasteiger partial charge in [-0.25, -0.2) is 0 Å². The predicted molar refractivity (Wildman–Crippen MR) is 60.2 cm³/mol. The Bertz CT molecular complexity index is 242. The molecule has 1 aromatic rings. The summed E-state index contributed by atoms with van der Waals surface area (Å²) < 4.78 is 5.57. The molecule has 0 aromatic carbocycles. The van der Waals surface area contributed by atoms with Crippen molar-refractivity contribution < 1.29 is 4.74 Å². The summed E-state index contributed by atoms with van der Waals surface area (Å²) in [5, 5.41) is 3.16. The maximum absolute atomic E-state index is 5.57. The lowest BCUT2D eigenvalue weighted by Gasteiger charge is -2.27. The number of hydrogen-bond donors (Lipinski definition) is 1. The summed E-state index contributed by atoms with van der Waals surface area (Å²) in [6.07, 6.45) is 3.99. The zero-order chi connectivity index (χ0) is 8.23. The van der Waals surface area contributed by atoms with Gasteiger partial charge in [-0.2, -0.15) is 0 Å². The van der Waals surface area contributed by atoms with E-state index in [1.54, 1.807) is 12.4 Å². The van der Waals surface area contributed by atoms with E-state index in [0.29, 0.717) is 12.7 Å². The first kappa shape index (κ1) is 13.7. The molecule has 1 aromatic heterocycles. The molecule has 3 nitrogen and oxygen atoms in total. The van der Waals surface area contributed by atoms with Gasteiger partial charge in [-0.15, -0.1) is 24.8 Å². The molecule has 0 bridgehead atoms. The summed E-state index contributed by atoms with van der Waals surface area (Å²) >= 11 is 0. The van der Waals surface area contributed by atoms with Crippen molar-refractivity contribution in [2.24, 2.45) is 0 Å². The third kappa shape index (κ3) is 3.80. The first-order valence-corrected chi connectivity index (χ1v) is 4.16. The van der Waals surface area contributed by atoms with Crippen molar-refractivity contribution in [1.29, 1.82) is 0 Å². The molecule has 1 saturated heterocycles. The predicted octanol–water partition coefficient (Wildman–Crippen LogP) is 1.41. The quantitative estimate of drug-likeness (QED) is 0.863. The molecule has 2 rings (SSSR count). The van der Waals surface area contributed by atoms with Gasteiger partial charge in [0.15, 0.2) is 0 Å². The second kappa shape index (κ2) is 7.01. The first-order chi connectivity index (χ1) is 5.95. The Morgan fingerprint density at radius 2 is 1.93 bits per heavy atom. The number of pyridine rings is 1. The second-order valence-corrected chi connectivity index (χ2v) is 2.95. The average Bonchev–Trinajstić information content (AvgIpc) is 2.04. The Kier molecular flexibility index (Phi) is 6.83. The molecular weight excluding hydrogens is 223 g/mol. The average molecular weight is 237 g/mol. The van der Waals surface area contributed by atoms with Crippen LogP contribution < -0.4 is 5.32 Å². The van der Waals surface area contributed by atoms with Crippen molar-refractivity contribution in [1.82, 2.24) is 10.3 Å². The molecule has 1 aliphatic heterocycles. The Morgan fingerprint density at radius 1 is 1.29 bits per heavy atom. The van der Waals surface area contributed by atoms with E-state index in [-0.39, 0.29) is 24.8 Å². The van der Waals surface area contributed by atoms with Crippen LogP contribution in [0.3, 0.4) is 0 Å². The van der Waals surface area contributed by atoms with Crippen molar-refractivity contribution in [3.05, 3.63) is 30.1 Å². The highest BCUT2D eigenvalue weighted by Gasteiger charge is 2.16. The highest BCUT2D eigenvalue weighted by atomic mass is 35.5. The molecule has 0 atom stereocenters. The molecule has 80 valence electrons. The summed E-state index contributed by atoms with van der Waals surface area (Å²) in [5.74, 6) is 0. The number of rotatable bonds is 3. The molecule has 1 fully saturated rings. The van der Waals surface area contributed by atoms with E-state index in [9.17, 15) is 0 Å². The van der Waals surface area contributed by atoms with Crippen molar-refractivity contribution in [3.63, 3.8) is 0 Å². The van der Waals surface area contributed by atoms with Crippen LogP contribution in [0.5, 0.6) is 0 Å². The molecular formula is C9H14Cl2N2O. The molecule has 1 N–H and O–H groups in total. The smallest absolute Gasteiger partial charge is 0.0828 e. The standard InChI is InChI=1S/C9H12N2O.2ClH/c1-3-10-4-2-8(1)7-12-9-5-11-6-9;;/h1-4,9,11H,5-7H2;2*1H. The van der Waals surface area contributed by atoms with Crippen LogP contribution in [0.25, 0.3) is 0 Å². The van der Waals surface area contributed by atoms with Crippen molar-refractivity contribution >= 4 is 24.8 Å². The molecule has 14 heavy (non-hydrogen) atoms. The van der Waals surface area contributed by atoms with Gasteiger partial charge >= 0.3 is 0 Å². The number of ether oxygens (including phenoxy) is 1. The fourth-order valence-electron chi connectivity index (χ4n) is 1.07. The van der Waals surface area contributed by atoms with E-state index in [4.69, 9.17) is 4.74 Å². The first-order valence-electron chi connectivity index (χ1n) is 4.16. The molecule has 0 saturated carbocycles. The van der Waals surface area contributed by atoms with Gasteiger partial charge in [-0.1, -0.05) is 0 Å². The van der Waals surface area contributed by atoms with Gasteiger partial charge in [-0.05, 0) is 17.7 Å². The van der Waals surface area contributed by atoms with Crippen LogP contribution in [0.4, 0.5) is 0 Å². The fourth-order valence-corrected chi connectivity index (χ4v) is 1.07. The Morgan fingerprint density at radius 3 is 2.43 bits per heavy atom. The summed E-state index contributed by atoms with van der Waals surface area (Å²) in [6.45, 7) is 2.69. The van der Waals surface area contributed by atoms with Crippen LogP contribution in [0, 0.1) is 0 Å². The molecule has 2 heterocycles.